The Morgan fingerprint density at radius 2 is 1.93 bits per heavy atom. The van der Waals surface area contributed by atoms with Gasteiger partial charge in [0.15, 0.2) is 0 Å². The number of amides is 1. The van der Waals surface area contributed by atoms with Crippen molar-refractivity contribution < 1.29 is 26.4 Å². The fourth-order valence-corrected chi connectivity index (χ4v) is 2.88. The van der Waals surface area contributed by atoms with Crippen LogP contribution in [0.2, 0.25) is 0 Å². The summed E-state index contributed by atoms with van der Waals surface area (Å²) < 4.78 is 61.6. The molecule has 7 nitrogen and oxygen atoms in total. The number of carbonyl (C=O) groups excluding carboxylic acids is 1. The number of hydrogen-bond donors (Lipinski definition) is 2. The summed E-state index contributed by atoms with van der Waals surface area (Å²) in [5.74, 6) is -0.718. The molecule has 0 fully saturated rings. The van der Waals surface area contributed by atoms with Gasteiger partial charge in [-0.15, -0.1) is 0 Å². The second kappa shape index (κ2) is 7.53. The quantitative estimate of drug-likeness (QED) is 0.786. The molecule has 0 aliphatic rings. The van der Waals surface area contributed by atoms with Crippen LogP contribution >= 0.6 is 0 Å². The minimum atomic E-state index is -4.65. The van der Waals surface area contributed by atoms with E-state index in [0.29, 0.717) is 22.4 Å². The number of alkyl halides is 3. The number of primary sulfonamides is 1. The highest BCUT2D eigenvalue weighted by Gasteiger charge is 2.31. The van der Waals surface area contributed by atoms with Gasteiger partial charge in [-0.2, -0.15) is 13.2 Å². The zero-order chi connectivity index (χ0) is 20.4. The van der Waals surface area contributed by atoms with E-state index in [1.807, 2.05) is 0 Å². The minimum Gasteiger partial charge on any atom is -0.348 e. The molecule has 2 aromatic rings. The molecule has 11 heteroatoms. The van der Waals surface area contributed by atoms with Crippen molar-refractivity contribution in [3.05, 3.63) is 64.1 Å². The summed E-state index contributed by atoms with van der Waals surface area (Å²) in [6, 6.07) is 6.26. The first kappa shape index (κ1) is 20.6. The highest BCUT2D eigenvalue weighted by molar-refractivity contribution is 7.89. The lowest BCUT2D eigenvalue weighted by atomic mass is 10.1. The lowest BCUT2D eigenvalue weighted by Crippen LogP contribution is -2.34. The zero-order valence-corrected chi connectivity index (χ0v) is 14.8. The van der Waals surface area contributed by atoms with Gasteiger partial charge in [0.25, 0.3) is 5.56 Å². The van der Waals surface area contributed by atoms with Crippen LogP contribution in [0.5, 0.6) is 0 Å². The predicted molar refractivity (Wildman–Crippen MR) is 90.1 cm³/mol. The molecule has 2 rings (SSSR count). The first-order valence-electron chi connectivity index (χ1n) is 7.58. The van der Waals surface area contributed by atoms with Gasteiger partial charge in [-0.25, -0.2) is 13.6 Å². The Balaban J connectivity index is 2.16. The summed E-state index contributed by atoms with van der Waals surface area (Å²) in [7, 11) is -3.92. The number of nitrogens with two attached hydrogens (primary N) is 1. The summed E-state index contributed by atoms with van der Waals surface area (Å²) in [6.45, 7) is 0.928. The Hall–Kier alpha value is -2.66. The van der Waals surface area contributed by atoms with Crippen molar-refractivity contribution in [2.24, 2.45) is 5.14 Å². The molecule has 1 heterocycles. The molecule has 1 atom stereocenters. The molecule has 3 N–H and O–H groups in total. The van der Waals surface area contributed by atoms with Crippen molar-refractivity contribution in [2.75, 3.05) is 0 Å². The molecule has 0 saturated carbocycles. The summed E-state index contributed by atoms with van der Waals surface area (Å²) in [6.07, 6.45) is -4.08. The highest BCUT2D eigenvalue weighted by atomic mass is 32.2. The van der Waals surface area contributed by atoms with Gasteiger partial charge in [0.2, 0.25) is 15.9 Å². The summed E-state index contributed by atoms with van der Waals surface area (Å²) in [4.78, 5) is 23.6. The van der Waals surface area contributed by atoms with Gasteiger partial charge in [0.05, 0.1) is 16.5 Å². The van der Waals surface area contributed by atoms with Gasteiger partial charge in [0, 0.05) is 12.3 Å². The van der Waals surface area contributed by atoms with E-state index in [1.165, 1.54) is 18.2 Å². The number of rotatable bonds is 5. The van der Waals surface area contributed by atoms with Crippen molar-refractivity contribution in [2.45, 2.75) is 30.6 Å². The molecule has 0 aliphatic heterocycles. The summed E-state index contributed by atoms with van der Waals surface area (Å²) >= 11 is 0. The highest BCUT2D eigenvalue weighted by Crippen LogP contribution is 2.28. The number of sulfonamides is 1. The van der Waals surface area contributed by atoms with E-state index in [-0.39, 0.29) is 4.90 Å². The van der Waals surface area contributed by atoms with E-state index in [1.54, 1.807) is 13.0 Å². The lowest BCUT2D eigenvalue weighted by molar-refractivity contribution is -0.138. The molecule has 1 amide bonds. The average Bonchev–Trinajstić information content (AvgIpc) is 2.55. The largest absolute Gasteiger partial charge is 0.417 e. The number of hydrogen-bond acceptors (Lipinski definition) is 4. The Bertz CT molecular complexity index is 1020. The van der Waals surface area contributed by atoms with Gasteiger partial charge < -0.3 is 9.88 Å². The zero-order valence-electron chi connectivity index (χ0n) is 14.0. The Morgan fingerprint density at radius 3 is 2.52 bits per heavy atom. The topological polar surface area (TPSA) is 111 Å². The van der Waals surface area contributed by atoms with Gasteiger partial charge >= 0.3 is 6.18 Å². The fourth-order valence-electron chi connectivity index (χ4n) is 2.31. The standard InChI is InChI=1S/C16H16F3N3O4S/c1-10(11-3-2-4-13(7-11)27(20,25)26)21-14(23)9-22-8-12(16(17,18)19)5-6-15(22)24/h2-8,10H,9H2,1H3,(H,21,23)(H2,20,25,26). The maximum absolute atomic E-state index is 12.7. The van der Waals surface area contributed by atoms with Crippen LogP contribution in [-0.2, 0) is 27.5 Å². The maximum atomic E-state index is 12.7. The molecule has 0 radical (unpaired) electrons. The SMILES string of the molecule is CC(NC(=O)Cn1cc(C(F)(F)F)ccc1=O)c1cccc(S(N)(=O)=O)c1. The second-order valence-corrected chi connectivity index (χ2v) is 7.35. The number of benzene rings is 1. The van der Waals surface area contributed by atoms with Crippen LogP contribution in [-0.4, -0.2) is 18.9 Å². The molecule has 1 aromatic carbocycles. The van der Waals surface area contributed by atoms with Crippen LogP contribution < -0.4 is 16.0 Å². The number of halogens is 3. The van der Waals surface area contributed by atoms with Crippen LogP contribution in [0.25, 0.3) is 0 Å². The maximum Gasteiger partial charge on any atom is 0.417 e. The molecule has 1 unspecified atom stereocenters. The molecule has 0 saturated heterocycles. The number of nitrogens with zero attached hydrogens (tertiary/aromatic N) is 1. The van der Waals surface area contributed by atoms with Crippen molar-refractivity contribution in [3.8, 4) is 0 Å². The summed E-state index contributed by atoms with van der Waals surface area (Å²) in [5.41, 5.74) is -1.39. The summed E-state index contributed by atoms with van der Waals surface area (Å²) in [5, 5.41) is 7.54. The van der Waals surface area contributed by atoms with Crippen LogP contribution in [0, 0.1) is 0 Å². The molecule has 0 spiro atoms. The molecule has 27 heavy (non-hydrogen) atoms. The first-order valence-corrected chi connectivity index (χ1v) is 9.12. The Kier molecular flexibility index (Phi) is 5.76. The fraction of sp³-hybridized carbons (Fsp3) is 0.250. The molecular weight excluding hydrogens is 387 g/mol. The van der Waals surface area contributed by atoms with E-state index >= 15 is 0 Å². The van der Waals surface area contributed by atoms with Gasteiger partial charge in [-0.3, -0.25) is 9.59 Å². The van der Waals surface area contributed by atoms with Crippen molar-refractivity contribution in [1.82, 2.24) is 9.88 Å². The van der Waals surface area contributed by atoms with E-state index < -0.39 is 45.8 Å². The van der Waals surface area contributed by atoms with Crippen LogP contribution in [0.1, 0.15) is 24.1 Å². The van der Waals surface area contributed by atoms with E-state index in [2.05, 4.69) is 5.32 Å². The van der Waals surface area contributed by atoms with Crippen molar-refractivity contribution >= 4 is 15.9 Å². The number of nitrogens with one attached hydrogen (secondary N) is 1. The number of pyridine rings is 1. The monoisotopic (exact) mass is 403 g/mol. The van der Waals surface area contributed by atoms with Crippen molar-refractivity contribution in [1.29, 1.82) is 0 Å². The van der Waals surface area contributed by atoms with Crippen LogP contribution in [0.15, 0.2) is 52.3 Å². The molecule has 0 aliphatic carbocycles. The number of carbonyl (C=O) groups is 1. The van der Waals surface area contributed by atoms with Crippen LogP contribution in [0.3, 0.4) is 0 Å². The van der Waals surface area contributed by atoms with Gasteiger partial charge in [0.1, 0.15) is 6.54 Å². The van der Waals surface area contributed by atoms with Crippen LogP contribution in [0.4, 0.5) is 13.2 Å². The molecule has 1 aromatic heterocycles. The number of aromatic nitrogens is 1. The average molecular weight is 403 g/mol. The normalized spacial score (nSPS) is 13.2. The van der Waals surface area contributed by atoms with Gasteiger partial charge in [-0.05, 0) is 30.7 Å². The smallest absolute Gasteiger partial charge is 0.348 e. The lowest BCUT2D eigenvalue weighted by Gasteiger charge is -2.16. The molecule has 0 bridgehead atoms. The Morgan fingerprint density at radius 1 is 1.26 bits per heavy atom. The van der Waals surface area contributed by atoms with E-state index in [4.69, 9.17) is 5.14 Å². The van der Waals surface area contributed by atoms with Gasteiger partial charge in [-0.1, -0.05) is 12.1 Å². The van der Waals surface area contributed by atoms with E-state index in [0.717, 1.165) is 6.07 Å². The molecule has 146 valence electrons. The van der Waals surface area contributed by atoms with Crippen molar-refractivity contribution in [3.63, 3.8) is 0 Å². The minimum absolute atomic E-state index is 0.143. The van der Waals surface area contributed by atoms with E-state index in [9.17, 15) is 31.2 Å². The Labute approximate surface area is 152 Å². The predicted octanol–water partition coefficient (Wildman–Crippen LogP) is 1.39. The molecular formula is C16H16F3N3O4S. The third kappa shape index (κ3) is 5.41. The third-order valence-corrected chi connectivity index (χ3v) is 4.60. The first-order chi connectivity index (χ1) is 12.4. The second-order valence-electron chi connectivity index (χ2n) is 5.79. The third-order valence-electron chi connectivity index (χ3n) is 3.69.